The average Bonchev–Trinajstić information content (AvgIpc) is 2.76. The fraction of sp³-hybridized carbons (Fsp3) is 0.636. The summed E-state index contributed by atoms with van der Waals surface area (Å²) in [5, 5.41) is 69.1. The molecule has 0 saturated carbocycles. The summed E-state index contributed by atoms with van der Waals surface area (Å²) in [5.74, 6) is -9.41. The van der Waals surface area contributed by atoms with Gasteiger partial charge in [-0.1, -0.05) is 0 Å². The van der Waals surface area contributed by atoms with Gasteiger partial charge in [0.15, 0.2) is 0 Å². The Hall–Kier alpha value is -0.128. The van der Waals surface area contributed by atoms with E-state index in [2.05, 4.69) is 0 Å². The Balaban J connectivity index is -0.000000123. The number of rotatable bonds is 24. The van der Waals surface area contributed by atoms with E-state index in [1.807, 2.05) is 0 Å². The van der Waals surface area contributed by atoms with Gasteiger partial charge < -0.3 is 46.3 Å². The minimum Gasteiger partial charge on any atom is -0.480 e. The molecule has 0 radical (unpaired) electrons. The molecule has 0 heterocycles. The van der Waals surface area contributed by atoms with Crippen LogP contribution in [0.25, 0.3) is 0 Å². The number of nitrogens with zero attached hydrogens (tertiary/aromatic N) is 4. The predicted molar refractivity (Wildman–Crippen MR) is 140 cm³/mol. The molecule has 10 N–H and O–H groups in total. The van der Waals surface area contributed by atoms with Crippen molar-refractivity contribution >= 4 is 47.8 Å². The zero-order valence-corrected chi connectivity index (χ0v) is 34.2. The molecule has 0 aliphatic carbocycles. The van der Waals surface area contributed by atoms with Crippen LogP contribution in [0.3, 0.4) is 0 Å². The van der Waals surface area contributed by atoms with Gasteiger partial charge >= 0.3 is 151 Å². The van der Waals surface area contributed by atoms with E-state index in [0.29, 0.717) is 0 Å². The van der Waals surface area contributed by atoms with Crippen molar-refractivity contribution in [3.63, 3.8) is 0 Å². The van der Waals surface area contributed by atoms with Gasteiger partial charge in [-0.3, -0.25) is 58.0 Å². The summed E-state index contributed by atoms with van der Waals surface area (Å²) in [6, 6.07) is 0. The van der Waals surface area contributed by atoms with Crippen molar-refractivity contribution < 1.29 is 222 Å². The van der Waals surface area contributed by atoms with E-state index in [-0.39, 0.29) is 181 Å². The van der Waals surface area contributed by atoms with Crippen LogP contribution < -0.4 is 103 Å². The molecule has 0 fully saturated rings. The van der Waals surface area contributed by atoms with E-state index in [9.17, 15) is 38.4 Å². The van der Waals surface area contributed by atoms with Gasteiger partial charge in [-0.15, -0.1) is 0 Å². The van der Waals surface area contributed by atoms with Crippen molar-refractivity contribution in [1.29, 1.82) is 0 Å². The van der Waals surface area contributed by atoms with E-state index in [4.69, 9.17) is 40.9 Å². The smallest absolute Gasteiger partial charge is 0.480 e. The Labute approximate surface area is 375 Å². The molecule has 0 spiro atoms. The van der Waals surface area contributed by atoms with E-state index >= 15 is 0 Å². The molecule has 21 nitrogen and oxygen atoms in total. The molecular weight excluding hydrogens is 782 g/mol. The molecule has 0 unspecified atom stereocenters. The van der Waals surface area contributed by atoms with Crippen LogP contribution in [0.5, 0.6) is 0 Å². The summed E-state index contributed by atoms with van der Waals surface area (Å²) in [6.07, 6.45) is 0.502. The van der Waals surface area contributed by atoms with Gasteiger partial charge in [0.1, 0.15) is 0 Å². The SMILES string of the molecule is O.O=C(O)CN(CCCN(CC(=O)O)CC(=O)O)CC(=O)O.O=C(O)CN(CCCN(CC(=O)O)CC(=O)O)CC(=O)O.[Fe].[Fe].[K+].[K+]. The first-order chi connectivity index (χ1) is 19.4. The molecule has 0 atom stereocenters. The fourth-order valence-corrected chi connectivity index (χ4v) is 3.42. The summed E-state index contributed by atoms with van der Waals surface area (Å²) in [5.41, 5.74) is 0. The molecule has 0 rings (SSSR count). The zero-order valence-electron chi connectivity index (χ0n) is 25.7. The van der Waals surface area contributed by atoms with Crippen LogP contribution in [0.4, 0.5) is 0 Å². The second kappa shape index (κ2) is 37.1. The molecule has 0 aliphatic heterocycles. The van der Waals surface area contributed by atoms with Crippen LogP contribution in [-0.4, -0.2) is 192 Å². The Morgan fingerprint density at radius 1 is 0.319 bits per heavy atom. The van der Waals surface area contributed by atoms with Crippen LogP contribution in [0.1, 0.15) is 12.8 Å². The first-order valence-electron chi connectivity index (χ1n) is 12.0. The molecule has 0 saturated heterocycles. The van der Waals surface area contributed by atoms with Gasteiger partial charge in [0.05, 0.1) is 52.4 Å². The number of aliphatic carboxylic acids is 8. The molecule has 0 aromatic rings. The van der Waals surface area contributed by atoms with Crippen molar-refractivity contribution in [3.8, 4) is 0 Å². The van der Waals surface area contributed by atoms with E-state index in [0.717, 1.165) is 0 Å². The van der Waals surface area contributed by atoms with Gasteiger partial charge in [-0.2, -0.15) is 0 Å². The molecule has 0 aliphatic rings. The Bertz CT molecular complexity index is 758. The van der Waals surface area contributed by atoms with E-state index in [1.54, 1.807) is 0 Å². The van der Waals surface area contributed by atoms with Crippen LogP contribution >= 0.6 is 0 Å². The van der Waals surface area contributed by atoms with Crippen LogP contribution in [-0.2, 0) is 72.5 Å². The van der Waals surface area contributed by atoms with Gasteiger partial charge in [0, 0.05) is 60.3 Å². The third-order valence-electron chi connectivity index (χ3n) is 4.77. The number of hydrogen-bond acceptors (Lipinski definition) is 12. The summed E-state index contributed by atoms with van der Waals surface area (Å²) in [7, 11) is 0. The number of carboxylic acids is 8. The van der Waals surface area contributed by atoms with E-state index in [1.165, 1.54) is 19.6 Å². The van der Waals surface area contributed by atoms with Crippen molar-refractivity contribution in [2.45, 2.75) is 12.8 Å². The maximum atomic E-state index is 10.6. The molecule has 264 valence electrons. The molecular formula is C22H38Fe2K2N4O17+2. The zero-order chi connectivity index (χ0) is 32.8. The molecule has 47 heavy (non-hydrogen) atoms. The quantitative estimate of drug-likeness (QED) is 0.0419. The second-order valence-corrected chi connectivity index (χ2v) is 8.70. The van der Waals surface area contributed by atoms with Gasteiger partial charge in [-0.05, 0) is 12.8 Å². The van der Waals surface area contributed by atoms with Crippen molar-refractivity contribution in [2.24, 2.45) is 0 Å². The fourth-order valence-electron chi connectivity index (χ4n) is 3.42. The maximum Gasteiger partial charge on any atom is 1.00 e. The molecule has 0 aromatic heterocycles. The largest absolute Gasteiger partial charge is 1.00 e. The molecule has 0 bridgehead atoms. The maximum absolute atomic E-state index is 10.6. The van der Waals surface area contributed by atoms with Gasteiger partial charge in [-0.25, -0.2) is 0 Å². The summed E-state index contributed by atoms with van der Waals surface area (Å²) in [6.45, 7) is -3.21. The number of carbonyl (C=O) groups is 8. The summed E-state index contributed by atoms with van der Waals surface area (Å²) >= 11 is 0. The summed E-state index contributed by atoms with van der Waals surface area (Å²) in [4.78, 5) is 89.3. The van der Waals surface area contributed by atoms with E-state index < -0.39 is 100 Å². The predicted octanol–water partition coefficient (Wildman–Crippen LogP) is -10.2. The first-order valence-corrected chi connectivity index (χ1v) is 12.0. The van der Waals surface area contributed by atoms with Crippen molar-refractivity contribution in [3.05, 3.63) is 0 Å². The second-order valence-electron chi connectivity index (χ2n) is 8.70. The molecule has 0 aromatic carbocycles. The van der Waals surface area contributed by atoms with Crippen LogP contribution in [0.2, 0.25) is 0 Å². The van der Waals surface area contributed by atoms with Gasteiger partial charge in [0.25, 0.3) is 0 Å². The van der Waals surface area contributed by atoms with Crippen molar-refractivity contribution in [2.75, 3.05) is 78.5 Å². The normalized spacial score (nSPS) is 9.62. The standard InChI is InChI=1S/2C11H18N2O8.2Fe.2K.H2O/c2*14-8(15)4-12(5-9(16)17)2-1-3-13(6-10(18)19)7-11(20)21;;;;;/h2*1-7H2,(H,14,15)(H,16,17)(H,18,19)(H,20,21);;;;;1H2/q;;;;2*+1;. The Kier molecular flexibility index (Phi) is 49.0. The van der Waals surface area contributed by atoms with Crippen molar-refractivity contribution in [1.82, 2.24) is 19.6 Å². The Morgan fingerprint density at radius 3 is 0.511 bits per heavy atom. The summed E-state index contributed by atoms with van der Waals surface area (Å²) < 4.78 is 0. The third kappa shape index (κ3) is 45.9. The third-order valence-corrected chi connectivity index (χ3v) is 4.77. The Morgan fingerprint density at radius 2 is 0.426 bits per heavy atom. The van der Waals surface area contributed by atoms with Crippen LogP contribution in [0, 0.1) is 0 Å². The first kappa shape index (κ1) is 62.0. The molecule has 25 heteroatoms. The topological polar surface area (TPSA) is 343 Å². The van der Waals surface area contributed by atoms with Gasteiger partial charge in [0.2, 0.25) is 0 Å². The number of carboxylic acid groups (broad SMARTS) is 8. The monoisotopic (exact) mass is 820 g/mol. The minimum atomic E-state index is -1.18. The number of hydrogen-bond donors (Lipinski definition) is 8. The van der Waals surface area contributed by atoms with Crippen LogP contribution in [0.15, 0.2) is 0 Å². The minimum absolute atomic E-state index is 0. The average molecular weight is 820 g/mol. The molecule has 0 amide bonds.